The van der Waals surface area contributed by atoms with Crippen molar-refractivity contribution in [2.75, 3.05) is 6.54 Å². The quantitative estimate of drug-likeness (QED) is 0.859. The van der Waals surface area contributed by atoms with Crippen LogP contribution in [0.2, 0.25) is 5.02 Å². The lowest BCUT2D eigenvalue weighted by atomic mass is 10.0. The van der Waals surface area contributed by atoms with Crippen molar-refractivity contribution >= 4 is 17.5 Å². The molecular formula is C16H17ClN2O. The van der Waals surface area contributed by atoms with Crippen LogP contribution in [0, 0.1) is 0 Å². The molecule has 1 unspecified atom stereocenters. The van der Waals surface area contributed by atoms with E-state index in [1.807, 2.05) is 49.4 Å². The van der Waals surface area contributed by atoms with Crippen LogP contribution in [0.5, 0.6) is 0 Å². The molecule has 0 aliphatic rings. The SMILES string of the molecule is CCN(C(C)=O)C(c1ccc(Cl)cc1)c1ccccn1. The highest BCUT2D eigenvalue weighted by Gasteiger charge is 2.24. The van der Waals surface area contributed by atoms with Gasteiger partial charge in [-0.2, -0.15) is 0 Å². The van der Waals surface area contributed by atoms with Crippen molar-refractivity contribution in [3.63, 3.8) is 0 Å². The van der Waals surface area contributed by atoms with Gasteiger partial charge in [0.2, 0.25) is 5.91 Å². The molecule has 1 heterocycles. The average molecular weight is 289 g/mol. The second kappa shape index (κ2) is 6.53. The molecule has 0 aliphatic carbocycles. The number of aromatic nitrogens is 1. The van der Waals surface area contributed by atoms with E-state index >= 15 is 0 Å². The summed E-state index contributed by atoms with van der Waals surface area (Å²) in [5, 5.41) is 0.680. The van der Waals surface area contributed by atoms with Gasteiger partial charge in [0, 0.05) is 24.7 Å². The molecule has 0 spiro atoms. The second-order valence-corrected chi connectivity index (χ2v) is 4.95. The normalized spacial score (nSPS) is 11.9. The van der Waals surface area contributed by atoms with Gasteiger partial charge in [-0.3, -0.25) is 9.78 Å². The van der Waals surface area contributed by atoms with E-state index in [4.69, 9.17) is 11.6 Å². The Kier molecular flexibility index (Phi) is 4.74. The lowest BCUT2D eigenvalue weighted by Crippen LogP contribution is -2.34. The molecule has 0 bridgehead atoms. The van der Waals surface area contributed by atoms with E-state index in [2.05, 4.69) is 4.98 Å². The minimum Gasteiger partial charge on any atom is -0.330 e. The van der Waals surface area contributed by atoms with E-state index in [1.165, 1.54) is 0 Å². The summed E-state index contributed by atoms with van der Waals surface area (Å²) >= 11 is 5.94. The van der Waals surface area contributed by atoms with Crippen molar-refractivity contribution < 1.29 is 4.79 Å². The molecule has 104 valence electrons. The molecule has 4 heteroatoms. The van der Waals surface area contributed by atoms with E-state index in [1.54, 1.807) is 18.0 Å². The lowest BCUT2D eigenvalue weighted by Gasteiger charge is -2.30. The van der Waals surface area contributed by atoms with Crippen LogP contribution in [0.1, 0.15) is 31.1 Å². The summed E-state index contributed by atoms with van der Waals surface area (Å²) < 4.78 is 0. The number of nitrogens with zero attached hydrogens (tertiary/aromatic N) is 2. The molecule has 0 fully saturated rings. The van der Waals surface area contributed by atoms with Gasteiger partial charge in [0.15, 0.2) is 0 Å². The summed E-state index contributed by atoms with van der Waals surface area (Å²) in [5.41, 5.74) is 1.86. The van der Waals surface area contributed by atoms with Crippen molar-refractivity contribution in [1.29, 1.82) is 0 Å². The van der Waals surface area contributed by atoms with Crippen LogP contribution in [0.3, 0.4) is 0 Å². The first kappa shape index (κ1) is 14.5. The van der Waals surface area contributed by atoms with Crippen LogP contribution in [0.25, 0.3) is 0 Å². The van der Waals surface area contributed by atoms with Crippen LogP contribution in [-0.4, -0.2) is 22.3 Å². The number of benzene rings is 1. The van der Waals surface area contributed by atoms with Crippen molar-refractivity contribution in [2.45, 2.75) is 19.9 Å². The molecule has 0 aliphatic heterocycles. The molecule has 1 amide bonds. The molecule has 0 N–H and O–H groups in total. The van der Waals surface area contributed by atoms with Crippen molar-refractivity contribution in [3.05, 3.63) is 64.9 Å². The third-order valence-corrected chi connectivity index (χ3v) is 3.46. The smallest absolute Gasteiger partial charge is 0.220 e. The number of amides is 1. The molecule has 1 atom stereocenters. The predicted octanol–water partition coefficient (Wildman–Crippen LogP) is 3.69. The Morgan fingerprint density at radius 2 is 1.95 bits per heavy atom. The van der Waals surface area contributed by atoms with Crippen molar-refractivity contribution in [3.8, 4) is 0 Å². The largest absolute Gasteiger partial charge is 0.330 e. The second-order valence-electron chi connectivity index (χ2n) is 4.51. The minimum absolute atomic E-state index is 0.0260. The molecule has 0 radical (unpaired) electrons. The van der Waals surface area contributed by atoms with Gasteiger partial charge in [0.25, 0.3) is 0 Å². The fourth-order valence-corrected chi connectivity index (χ4v) is 2.41. The Labute approximate surface area is 124 Å². The average Bonchev–Trinajstić information content (AvgIpc) is 2.46. The topological polar surface area (TPSA) is 33.2 Å². The minimum atomic E-state index is -0.184. The zero-order valence-electron chi connectivity index (χ0n) is 11.6. The standard InChI is InChI=1S/C16H17ClN2O/c1-3-19(12(2)20)16(15-6-4-5-11-18-15)13-7-9-14(17)10-8-13/h4-11,16H,3H2,1-2H3. The Bertz CT molecular complexity index is 569. The molecule has 0 saturated heterocycles. The third kappa shape index (κ3) is 3.17. The van der Waals surface area contributed by atoms with Gasteiger partial charge >= 0.3 is 0 Å². The van der Waals surface area contributed by atoms with Gasteiger partial charge in [-0.05, 0) is 36.8 Å². The molecule has 20 heavy (non-hydrogen) atoms. The molecular weight excluding hydrogens is 272 g/mol. The molecule has 2 aromatic rings. The summed E-state index contributed by atoms with van der Waals surface area (Å²) in [4.78, 5) is 18.1. The van der Waals surface area contributed by atoms with Crippen LogP contribution in [0.15, 0.2) is 48.7 Å². The van der Waals surface area contributed by atoms with Gasteiger partial charge in [0.1, 0.15) is 0 Å². The molecule has 1 aromatic carbocycles. The van der Waals surface area contributed by atoms with E-state index in [0.717, 1.165) is 11.3 Å². The van der Waals surface area contributed by atoms with Gasteiger partial charge in [-0.25, -0.2) is 0 Å². The number of pyridine rings is 1. The summed E-state index contributed by atoms with van der Waals surface area (Å²) in [6.07, 6.45) is 1.74. The van der Waals surface area contributed by atoms with Crippen LogP contribution < -0.4 is 0 Å². The van der Waals surface area contributed by atoms with Gasteiger partial charge in [-0.15, -0.1) is 0 Å². The number of hydrogen-bond donors (Lipinski definition) is 0. The number of hydrogen-bond acceptors (Lipinski definition) is 2. The highest BCUT2D eigenvalue weighted by Crippen LogP contribution is 2.28. The van der Waals surface area contributed by atoms with Gasteiger partial charge in [-0.1, -0.05) is 29.8 Å². The van der Waals surface area contributed by atoms with E-state index in [-0.39, 0.29) is 11.9 Å². The zero-order chi connectivity index (χ0) is 14.5. The summed E-state index contributed by atoms with van der Waals surface area (Å²) in [5.74, 6) is 0.0260. The monoisotopic (exact) mass is 288 g/mol. The molecule has 3 nitrogen and oxygen atoms in total. The van der Waals surface area contributed by atoms with Crippen LogP contribution in [-0.2, 0) is 4.79 Å². The summed E-state index contributed by atoms with van der Waals surface area (Å²) in [6, 6.07) is 13.1. The van der Waals surface area contributed by atoms with Crippen molar-refractivity contribution in [1.82, 2.24) is 9.88 Å². The van der Waals surface area contributed by atoms with Gasteiger partial charge < -0.3 is 4.90 Å². The highest BCUT2D eigenvalue weighted by molar-refractivity contribution is 6.30. The fourth-order valence-electron chi connectivity index (χ4n) is 2.28. The maximum absolute atomic E-state index is 11.9. The predicted molar refractivity (Wildman–Crippen MR) is 80.6 cm³/mol. The van der Waals surface area contributed by atoms with E-state index in [9.17, 15) is 4.79 Å². The first-order valence-corrected chi connectivity index (χ1v) is 6.95. The third-order valence-electron chi connectivity index (χ3n) is 3.21. The van der Waals surface area contributed by atoms with Crippen molar-refractivity contribution in [2.24, 2.45) is 0 Å². The Morgan fingerprint density at radius 3 is 2.45 bits per heavy atom. The number of halogens is 1. The summed E-state index contributed by atoms with van der Waals surface area (Å²) in [6.45, 7) is 4.17. The maximum atomic E-state index is 11.9. The van der Waals surface area contributed by atoms with Gasteiger partial charge in [0.05, 0.1) is 11.7 Å². The zero-order valence-corrected chi connectivity index (χ0v) is 12.3. The van der Waals surface area contributed by atoms with E-state index in [0.29, 0.717) is 11.6 Å². The molecule has 0 saturated carbocycles. The lowest BCUT2D eigenvalue weighted by molar-refractivity contribution is -0.130. The molecule has 1 aromatic heterocycles. The fraction of sp³-hybridized carbons (Fsp3) is 0.250. The maximum Gasteiger partial charge on any atom is 0.220 e. The first-order valence-electron chi connectivity index (χ1n) is 6.57. The summed E-state index contributed by atoms with van der Waals surface area (Å²) in [7, 11) is 0. The Hall–Kier alpha value is -1.87. The Balaban J connectivity index is 2.49. The highest BCUT2D eigenvalue weighted by atomic mass is 35.5. The van der Waals surface area contributed by atoms with Crippen LogP contribution >= 0.6 is 11.6 Å². The number of rotatable bonds is 4. The van der Waals surface area contributed by atoms with Crippen LogP contribution in [0.4, 0.5) is 0 Å². The van der Waals surface area contributed by atoms with E-state index < -0.39 is 0 Å². The Morgan fingerprint density at radius 1 is 1.25 bits per heavy atom. The number of carbonyl (C=O) groups excluding carboxylic acids is 1. The first-order chi connectivity index (χ1) is 9.63. The molecule has 2 rings (SSSR count). The number of carbonyl (C=O) groups is 1.